The Morgan fingerprint density at radius 2 is 2.12 bits per heavy atom. The van der Waals surface area contributed by atoms with E-state index in [9.17, 15) is 5.11 Å². The first-order valence-electron chi connectivity index (χ1n) is 5.43. The van der Waals surface area contributed by atoms with Gasteiger partial charge in [0.25, 0.3) is 0 Å². The van der Waals surface area contributed by atoms with E-state index in [1.807, 2.05) is 12.1 Å². The Bertz CT molecular complexity index is 506. The molecule has 0 saturated carbocycles. The molecule has 1 aromatic carbocycles. The molecule has 0 aliphatic heterocycles. The molecule has 1 aromatic heterocycles. The summed E-state index contributed by atoms with van der Waals surface area (Å²) in [5.41, 5.74) is 3.36. The first-order valence-corrected chi connectivity index (χ1v) is 5.43. The van der Waals surface area contributed by atoms with Crippen molar-refractivity contribution in [3.8, 4) is 0 Å². The molecule has 3 heteroatoms. The SMILES string of the molecule is CC1CCc2c([nH]c3ccccc23)[C-]1O.[Rh]. The minimum Gasteiger partial charge on any atom is -0.452 e. The summed E-state index contributed by atoms with van der Waals surface area (Å²) in [4.78, 5) is 3.31. The standard InChI is InChI=1S/C13H14NO.Rh/c1-8-6-7-10-9-4-2-3-5-11(9)14-12(10)13(8)15;/h2-5,8,14-15H,6-7H2,1H3;/q-1;. The van der Waals surface area contributed by atoms with Crippen LogP contribution in [0.15, 0.2) is 24.3 Å². The smallest absolute Gasteiger partial charge is 0.0254 e. The number of benzene rings is 1. The number of H-pyrrole nitrogens is 1. The Labute approximate surface area is 108 Å². The third-order valence-corrected chi connectivity index (χ3v) is 3.36. The van der Waals surface area contributed by atoms with Gasteiger partial charge in [-0.05, 0) is 6.07 Å². The Morgan fingerprint density at radius 1 is 1.38 bits per heavy atom. The average molecular weight is 303 g/mol. The molecule has 1 aliphatic carbocycles. The van der Waals surface area contributed by atoms with Crippen LogP contribution in [0.25, 0.3) is 10.9 Å². The predicted molar refractivity (Wildman–Crippen MR) is 60.1 cm³/mol. The van der Waals surface area contributed by atoms with Gasteiger partial charge in [0, 0.05) is 25.0 Å². The topological polar surface area (TPSA) is 36.0 Å². The van der Waals surface area contributed by atoms with Gasteiger partial charge in [0.1, 0.15) is 0 Å². The summed E-state index contributed by atoms with van der Waals surface area (Å²) in [6.07, 6.45) is 2.62. The fraction of sp³-hybridized carbons (Fsp3) is 0.308. The van der Waals surface area contributed by atoms with Crippen molar-refractivity contribution in [2.45, 2.75) is 19.8 Å². The summed E-state index contributed by atoms with van der Waals surface area (Å²) in [5.74, 6) is 0.283. The van der Waals surface area contributed by atoms with E-state index in [4.69, 9.17) is 0 Å². The maximum atomic E-state index is 10.0. The van der Waals surface area contributed by atoms with Crippen molar-refractivity contribution in [1.82, 2.24) is 4.98 Å². The van der Waals surface area contributed by atoms with E-state index in [0.29, 0.717) is 6.10 Å². The van der Waals surface area contributed by atoms with Gasteiger partial charge in [-0.1, -0.05) is 61.1 Å². The van der Waals surface area contributed by atoms with E-state index < -0.39 is 0 Å². The molecule has 2 aromatic rings. The van der Waals surface area contributed by atoms with Crippen molar-refractivity contribution in [1.29, 1.82) is 0 Å². The predicted octanol–water partition coefficient (Wildman–Crippen LogP) is 3.00. The van der Waals surface area contributed by atoms with Gasteiger partial charge in [-0.3, -0.25) is 0 Å². The van der Waals surface area contributed by atoms with E-state index in [1.165, 1.54) is 10.9 Å². The van der Waals surface area contributed by atoms with Crippen LogP contribution in [0.2, 0.25) is 0 Å². The number of rotatable bonds is 0. The van der Waals surface area contributed by atoms with Crippen LogP contribution in [0.4, 0.5) is 0 Å². The minimum atomic E-state index is 0. The molecule has 0 bridgehead atoms. The molecule has 1 atom stereocenters. The summed E-state index contributed by atoms with van der Waals surface area (Å²) in [7, 11) is 0. The van der Waals surface area contributed by atoms with Gasteiger partial charge < -0.3 is 10.1 Å². The monoisotopic (exact) mass is 303 g/mol. The molecule has 1 unspecified atom stereocenters. The van der Waals surface area contributed by atoms with Crippen LogP contribution in [-0.2, 0) is 25.9 Å². The number of hydrogen-bond acceptors (Lipinski definition) is 1. The zero-order valence-electron chi connectivity index (χ0n) is 9.08. The number of para-hydroxylation sites is 1. The number of aliphatic hydroxyl groups excluding tert-OH is 1. The quantitative estimate of drug-likeness (QED) is 0.569. The van der Waals surface area contributed by atoms with Crippen LogP contribution in [0.3, 0.4) is 0 Å². The molecule has 0 amide bonds. The fourth-order valence-corrected chi connectivity index (χ4v) is 2.42. The normalized spacial score (nSPS) is 19.4. The van der Waals surface area contributed by atoms with Crippen molar-refractivity contribution in [3.05, 3.63) is 41.6 Å². The number of nitrogens with one attached hydrogen (secondary N) is 1. The minimum absolute atomic E-state index is 0. The third kappa shape index (κ3) is 1.59. The summed E-state index contributed by atoms with van der Waals surface area (Å²) in [6.45, 7) is 2.07. The van der Waals surface area contributed by atoms with Crippen LogP contribution < -0.4 is 0 Å². The van der Waals surface area contributed by atoms with Gasteiger partial charge in [-0.25, -0.2) is 0 Å². The Kier molecular flexibility index (Phi) is 3.09. The van der Waals surface area contributed by atoms with Crippen molar-refractivity contribution >= 4 is 10.9 Å². The molecule has 1 aliphatic rings. The number of fused-ring (bicyclic) bond motifs is 3. The third-order valence-electron chi connectivity index (χ3n) is 3.36. The second-order valence-corrected chi connectivity index (χ2v) is 4.35. The molecule has 0 saturated heterocycles. The van der Waals surface area contributed by atoms with Crippen molar-refractivity contribution in [3.63, 3.8) is 0 Å². The van der Waals surface area contributed by atoms with Crippen molar-refractivity contribution in [2.24, 2.45) is 5.92 Å². The summed E-state index contributed by atoms with van der Waals surface area (Å²) in [5, 5.41) is 11.3. The second kappa shape index (κ2) is 4.23. The molecule has 16 heavy (non-hydrogen) atoms. The maximum absolute atomic E-state index is 10.0. The Balaban J connectivity index is 0.000000963. The van der Waals surface area contributed by atoms with Gasteiger partial charge in [0.15, 0.2) is 0 Å². The van der Waals surface area contributed by atoms with Gasteiger partial charge in [-0.2, -0.15) is 5.56 Å². The zero-order chi connectivity index (χ0) is 10.4. The average Bonchev–Trinajstić information content (AvgIpc) is 2.63. The zero-order valence-corrected chi connectivity index (χ0v) is 10.7. The fourth-order valence-electron chi connectivity index (χ4n) is 2.42. The van der Waals surface area contributed by atoms with Crippen LogP contribution in [0, 0.1) is 12.0 Å². The maximum Gasteiger partial charge on any atom is 0.0254 e. The Morgan fingerprint density at radius 3 is 2.94 bits per heavy atom. The van der Waals surface area contributed by atoms with Crippen LogP contribution in [-0.4, -0.2) is 10.1 Å². The van der Waals surface area contributed by atoms with Crippen molar-refractivity contribution < 1.29 is 24.6 Å². The van der Waals surface area contributed by atoms with E-state index in [0.717, 1.165) is 24.1 Å². The first kappa shape index (κ1) is 11.7. The van der Waals surface area contributed by atoms with Crippen LogP contribution in [0.5, 0.6) is 0 Å². The summed E-state index contributed by atoms with van der Waals surface area (Å²) in [6, 6.07) is 8.25. The number of aliphatic hydroxyl groups is 1. The number of hydrogen-bond donors (Lipinski definition) is 2. The van der Waals surface area contributed by atoms with Gasteiger partial charge in [0.2, 0.25) is 0 Å². The molecule has 3 rings (SSSR count). The molecular formula is C13H14NORh-. The number of aromatic amines is 1. The van der Waals surface area contributed by atoms with Crippen LogP contribution in [0.1, 0.15) is 24.6 Å². The second-order valence-electron chi connectivity index (χ2n) is 4.35. The van der Waals surface area contributed by atoms with E-state index >= 15 is 0 Å². The molecule has 0 fully saturated rings. The van der Waals surface area contributed by atoms with Gasteiger partial charge in [0.05, 0.1) is 0 Å². The number of aryl methyl sites for hydroxylation is 1. The van der Waals surface area contributed by atoms with E-state index in [2.05, 4.69) is 24.0 Å². The summed E-state index contributed by atoms with van der Waals surface area (Å²) < 4.78 is 0. The molecule has 87 valence electrons. The molecular weight excluding hydrogens is 289 g/mol. The Hall–Kier alpha value is -0.787. The largest absolute Gasteiger partial charge is 0.452 e. The number of aromatic nitrogens is 1. The molecule has 1 radical (unpaired) electrons. The van der Waals surface area contributed by atoms with Crippen molar-refractivity contribution in [2.75, 3.05) is 0 Å². The van der Waals surface area contributed by atoms with Gasteiger partial charge >= 0.3 is 0 Å². The molecule has 2 nitrogen and oxygen atoms in total. The van der Waals surface area contributed by atoms with E-state index in [1.54, 1.807) is 0 Å². The van der Waals surface area contributed by atoms with Gasteiger partial charge in [-0.15, -0.1) is 0 Å². The van der Waals surface area contributed by atoms with Crippen LogP contribution >= 0.6 is 0 Å². The first-order chi connectivity index (χ1) is 7.27. The van der Waals surface area contributed by atoms with E-state index in [-0.39, 0.29) is 25.4 Å². The summed E-state index contributed by atoms with van der Waals surface area (Å²) >= 11 is 0. The molecule has 2 N–H and O–H groups in total. The molecule has 0 spiro atoms. The molecule has 1 heterocycles.